The highest BCUT2D eigenvalue weighted by Gasteiger charge is 2.54. The van der Waals surface area contributed by atoms with Gasteiger partial charge in [-0.05, 0) is 55.9 Å². The summed E-state index contributed by atoms with van der Waals surface area (Å²) in [4.78, 5) is 61.0. The monoisotopic (exact) mass is 502 g/mol. The van der Waals surface area contributed by atoms with E-state index in [0.717, 1.165) is 21.7 Å². The van der Waals surface area contributed by atoms with Crippen LogP contribution in [0.1, 0.15) is 69.4 Å². The van der Waals surface area contributed by atoms with E-state index in [9.17, 15) is 24.0 Å². The number of ketones is 2. The minimum absolute atomic E-state index is 0.0706. The lowest BCUT2D eigenvalue weighted by atomic mass is 9.70. The van der Waals surface area contributed by atoms with Gasteiger partial charge in [0.2, 0.25) is 11.8 Å². The van der Waals surface area contributed by atoms with Crippen LogP contribution in [0.4, 0.5) is 16.2 Å². The quantitative estimate of drug-likeness (QED) is 0.611. The van der Waals surface area contributed by atoms with E-state index in [2.05, 4.69) is 5.32 Å². The van der Waals surface area contributed by atoms with E-state index in [1.165, 1.54) is 0 Å². The maximum atomic E-state index is 12.9. The molecule has 4 aliphatic rings. The van der Waals surface area contributed by atoms with Crippen molar-refractivity contribution in [3.63, 3.8) is 0 Å². The summed E-state index contributed by atoms with van der Waals surface area (Å²) in [5.74, 6) is 0.277. The number of imide groups is 1. The zero-order valence-corrected chi connectivity index (χ0v) is 20.9. The molecule has 0 atom stereocenters. The third-order valence-corrected chi connectivity index (χ3v) is 8.17. The van der Waals surface area contributed by atoms with Gasteiger partial charge in [-0.1, -0.05) is 36.4 Å². The number of para-hydroxylation sites is 2. The highest BCUT2D eigenvalue weighted by Crippen LogP contribution is 2.50. The maximum Gasteiger partial charge on any atom is 0.421 e. The van der Waals surface area contributed by atoms with Crippen molar-refractivity contribution in [2.75, 3.05) is 16.8 Å². The third-order valence-electron chi connectivity index (χ3n) is 8.17. The topological polar surface area (TPSA) is 110 Å². The Balaban J connectivity index is 0.000000157. The van der Waals surface area contributed by atoms with Gasteiger partial charge in [0.05, 0.1) is 23.1 Å². The molecule has 8 heteroatoms. The smallest absolute Gasteiger partial charge is 0.421 e. The van der Waals surface area contributed by atoms with E-state index in [1.807, 2.05) is 36.4 Å². The number of Topliss-reactive ketones (excluding diaryl/α,β-unsaturated/α-hetero) is 2. The van der Waals surface area contributed by atoms with Crippen molar-refractivity contribution in [1.82, 2.24) is 0 Å². The summed E-state index contributed by atoms with van der Waals surface area (Å²) in [6, 6.07) is 15.1. The van der Waals surface area contributed by atoms with Gasteiger partial charge >= 0.3 is 6.09 Å². The van der Waals surface area contributed by atoms with Gasteiger partial charge in [0, 0.05) is 31.4 Å². The Kier molecular flexibility index (Phi) is 6.43. The summed E-state index contributed by atoms with van der Waals surface area (Å²) >= 11 is 0. The van der Waals surface area contributed by atoms with Crippen LogP contribution >= 0.6 is 0 Å². The van der Waals surface area contributed by atoms with E-state index in [4.69, 9.17) is 4.74 Å². The number of anilines is 2. The molecule has 3 amide bonds. The van der Waals surface area contributed by atoms with E-state index in [-0.39, 0.29) is 30.0 Å². The van der Waals surface area contributed by atoms with Crippen LogP contribution < -0.4 is 10.2 Å². The van der Waals surface area contributed by atoms with Crippen molar-refractivity contribution in [3.05, 3.63) is 59.7 Å². The molecule has 2 saturated carbocycles. The summed E-state index contributed by atoms with van der Waals surface area (Å²) in [5.41, 5.74) is 2.27. The first-order chi connectivity index (χ1) is 17.8. The number of nitrogens with one attached hydrogen (secondary N) is 1. The fourth-order valence-corrected chi connectivity index (χ4v) is 6.15. The predicted octanol–water partition coefficient (Wildman–Crippen LogP) is 4.59. The van der Waals surface area contributed by atoms with Crippen LogP contribution in [-0.4, -0.2) is 36.1 Å². The van der Waals surface area contributed by atoms with Crippen LogP contribution in [0.5, 0.6) is 0 Å². The molecule has 2 spiro atoms. The average Bonchev–Trinajstić information content (AvgIpc) is 3.31. The molecule has 2 aliphatic heterocycles. The molecule has 1 N–H and O–H groups in total. The van der Waals surface area contributed by atoms with E-state index in [1.54, 1.807) is 19.1 Å². The van der Waals surface area contributed by atoms with Crippen LogP contribution in [0.2, 0.25) is 0 Å². The molecular formula is C29H30N2O6. The molecule has 192 valence electrons. The number of amides is 3. The molecule has 2 aromatic rings. The molecule has 6 rings (SSSR count). The third kappa shape index (κ3) is 4.04. The largest absolute Gasteiger partial charge is 0.449 e. The first-order valence-electron chi connectivity index (χ1n) is 12.9. The Morgan fingerprint density at radius 1 is 0.811 bits per heavy atom. The standard InChI is InChI=1S/C16H17NO4.C13H13NO2/c1-2-21-15(20)17-13-6-4-3-5-12(13)16(14(17)19)9-7-11(18)8-10-16;15-9-5-7-13(8-6-9)10-3-1-2-4-11(10)14-12(13)16/h3-6H,2,7-10H2,1H3;1-4H,5-8H2,(H,14,16). The fourth-order valence-electron chi connectivity index (χ4n) is 6.15. The molecule has 37 heavy (non-hydrogen) atoms. The van der Waals surface area contributed by atoms with Gasteiger partial charge in [-0.25, -0.2) is 9.69 Å². The number of rotatable bonds is 1. The fraction of sp³-hybridized carbons (Fsp3) is 0.414. The zero-order chi connectivity index (χ0) is 26.2. The number of benzene rings is 2. The first-order valence-corrected chi connectivity index (χ1v) is 12.9. The SMILES string of the molecule is CCOC(=O)N1C(=O)C2(CCC(=O)CC2)c2ccccc21.O=C1CCC2(CC1)C(=O)Nc1ccccc12. The van der Waals surface area contributed by atoms with Crippen molar-refractivity contribution in [1.29, 1.82) is 0 Å². The van der Waals surface area contributed by atoms with Crippen LogP contribution in [0, 0.1) is 0 Å². The number of hydrogen-bond donors (Lipinski definition) is 1. The molecule has 2 aliphatic carbocycles. The summed E-state index contributed by atoms with van der Waals surface area (Å²) in [7, 11) is 0. The Hall–Kier alpha value is -3.81. The van der Waals surface area contributed by atoms with Crippen LogP contribution in [-0.2, 0) is 34.7 Å². The van der Waals surface area contributed by atoms with Gasteiger partial charge in [-0.3, -0.25) is 19.2 Å². The number of hydrogen-bond acceptors (Lipinski definition) is 6. The van der Waals surface area contributed by atoms with Crippen molar-refractivity contribution in [2.45, 2.75) is 69.1 Å². The maximum absolute atomic E-state index is 12.9. The molecule has 0 unspecified atom stereocenters. The summed E-state index contributed by atoms with van der Waals surface area (Å²) in [6.07, 6.45) is 3.46. The number of nitrogens with zero attached hydrogens (tertiary/aromatic N) is 1. The lowest BCUT2D eigenvalue weighted by Crippen LogP contribution is -2.45. The van der Waals surface area contributed by atoms with E-state index >= 15 is 0 Å². The van der Waals surface area contributed by atoms with Gasteiger partial charge in [-0.2, -0.15) is 0 Å². The number of ether oxygens (including phenoxy) is 1. The summed E-state index contributed by atoms with van der Waals surface area (Å²) in [6.45, 7) is 1.93. The molecule has 2 fully saturated rings. The Labute approximate surface area is 215 Å². The minimum atomic E-state index is -0.739. The van der Waals surface area contributed by atoms with Gasteiger partial charge in [-0.15, -0.1) is 0 Å². The van der Waals surface area contributed by atoms with Crippen molar-refractivity contribution >= 4 is 40.8 Å². The molecule has 0 radical (unpaired) electrons. The second-order valence-corrected chi connectivity index (χ2v) is 10.1. The predicted molar refractivity (Wildman–Crippen MR) is 136 cm³/mol. The highest BCUT2D eigenvalue weighted by molar-refractivity contribution is 6.21. The molecule has 0 saturated heterocycles. The van der Waals surface area contributed by atoms with E-state index in [0.29, 0.717) is 57.1 Å². The molecule has 2 aromatic carbocycles. The van der Waals surface area contributed by atoms with Crippen LogP contribution in [0.3, 0.4) is 0 Å². The number of fused-ring (bicyclic) bond motifs is 4. The minimum Gasteiger partial charge on any atom is -0.449 e. The molecular weight excluding hydrogens is 472 g/mol. The van der Waals surface area contributed by atoms with Crippen molar-refractivity contribution < 1.29 is 28.7 Å². The van der Waals surface area contributed by atoms with Crippen molar-refractivity contribution in [3.8, 4) is 0 Å². The first kappa shape index (κ1) is 24.9. The molecule has 2 heterocycles. The average molecular weight is 503 g/mol. The van der Waals surface area contributed by atoms with Gasteiger partial charge < -0.3 is 10.1 Å². The molecule has 0 bridgehead atoms. The second kappa shape index (κ2) is 9.57. The van der Waals surface area contributed by atoms with Gasteiger partial charge in [0.25, 0.3) is 0 Å². The zero-order valence-electron chi connectivity index (χ0n) is 20.9. The second-order valence-electron chi connectivity index (χ2n) is 10.1. The lowest BCUT2D eigenvalue weighted by Gasteiger charge is -2.31. The Bertz CT molecular complexity index is 1280. The van der Waals surface area contributed by atoms with Crippen LogP contribution in [0.15, 0.2) is 48.5 Å². The Morgan fingerprint density at radius 2 is 1.35 bits per heavy atom. The molecule has 8 nitrogen and oxygen atoms in total. The number of carbonyl (C=O) groups is 5. The summed E-state index contributed by atoms with van der Waals surface area (Å²) in [5, 5.41) is 2.92. The Morgan fingerprint density at radius 3 is 1.97 bits per heavy atom. The summed E-state index contributed by atoms with van der Waals surface area (Å²) < 4.78 is 5.01. The van der Waals surface area contributed by atoms with Gasteiger partial charge in [0.15, 0.2) is 0 Å². The normalized spacial score (nSPS) is 20.7. The van der Waals surface area contributed by atoms with Crippen LogP contribution in [0.25, 0.3) is 0 Å². The van der Waals surface area contributed by atoms with Gasteiger partial charge in [0.1, 0.15) is 11.6 Å². The number of carbonyl (C=O) groups excluding carboxylic acids is 5. The molecule has 0 aromatic heterocycles. The highest BCUT2D eigenvalue weighted by atomic mass is 16.6. The lowest BCUT2D eigenvalue weighted by molar-refractivity contribution is -0.128. The van der Waals surface area contributed by atoms with E-state index < -0.39 is 16.9 Å². The van der Waals surface area contributed by atoms with Crippen molar-refractivity contribution in [2.24, 2.45) is 0 Å².